The van der Waals surface area contributed by atoms with Gasteiger partial charge in [-0.25, -0.2) is 4.45 Å². The van der Waals surface area contributed by atoms with Gasteiger partial charge in [-0.05, 0) is 29.0 Å². The Hall–Kier alpha value is -0.130. The number of halogens is 2. The molecule has 1 atom stereocenters. The SMILES string of the molecule is Cc1nn(PI)c2cc(Cl)n(C)c(=O)c12. The van der Waals surface area contributed by atoms with Crippen molar-refractivity contribution in [3.63, 3.8) is 0 Å². The van der Waals surface area contributed by atoms with E-state index in [1.54, 1.807) is 17.6 Å². The predicted octanol–water partition coefficient (Wildman–Crippen LogP) is 2.49. The van der Waals surface area contributed by atoms with Crippen LogP contribution in [0.15, 0.2) is 10.9 Å². The number of hydrogen-bond donors (Lipinski definition) is 0. The van der Waals surface area contributed by atoms with Gasteiger partial charge in [0.05, 0.1) is 23.0 Å². The van der Waals surface area contributed by atoms with Gasteiger partial charge in [0, 0.05) is 13.1 Å². The zero-order valence-corrected chi connectivity index (χ0v) is 12.0. The van der Waals surface area contributed by atoms with Crippen LogP contribution in [0.5, 0.6) is 0 Å². The van der Waals surface area contributed by atoms with Gasteiger partial charge >= 0.3 is 0 Å². The molecule has 0 saturated carbocycles. The third-order valence-corrected chi connectivity index (χ3v) is 4.51. The van der Waals surface area contributed by atoms with E-state index < -0.39 is 0 Å². The molecule has 0 saturated heterocycles. The smallest absolute Gasteiger partial charge is 0.262 e. The maximum Gasteiger partial charge on any atom is 0.262 e. The van der Waals surface area contributed by atoms with Crippen molar-refractivity contribution in [1.82, 2.24) is 14.1 Å². The molecule has 0 fully saturated rings. The van der Waals surface area contributed by atoms with Crippen molar-refractivity contribution in [2.75, 3.05) is 0 Å². The standard InChI is InChI=1S/C8H8ClIN3OP/c1-4-7-5(13(11-4)15-10)3-6(9)12(2)8(7)14/h3,15H,1-2H3. The van der Waals surface area contributed by atoms with E-state index in [9.17, 15) is 4.79 Å². The van der Waals surface area contributed by atoms with Gasteiger partial charge in [-0.1, -0.05) is 11.6 Å². The highest BCUT2D eigenvalue weighted by atomic mass is 127. The molecule has 0 spiro atoms. The summed E-state index contributed by atoms with van der Waals surface area (Å²) >= 11 is 8.18. The molecule has 80 valence electrons. The fraction of sp³-hybridized carbons (Fsp3) is 0.250. The van der Waals surface area contributed by atoms with Crippen LogP contribution in [-0.4, -0.2) is 14.1 Å². The number of aryl methyl sites for hydroxylation is 1. The Balaban J connectivity index is 3.01. The first kappa shape index (κ1) is 11.4. The van der Waals surface area contributed by atoms with Gasteiger partial charge in [0.25, 0.3) is 5.56 Å². The Morgan fingerprint density at radius 1 is 1.60 bits per heavy atom. The fourth-order valence-electron chi connectivity index (χ4n) is 1.48. The number of hydrogen-bond acceptors (Lipinski definition) is 2. The lowest BCUT2D eigenvalue weighted by molar-refractivity contribution is 0.873. The molecule has 0 bridgehead atoms. The van der Waals surface area contributed by atoms with Crippen molar-refractivity contribution in [3.05, 3.63) is 27.3 Å². The Bertz CT molecular complexity index is 592. The highest BCUT2D eigenvalue weighted by Crippen LogP contribution is 2.29. The average Bonchev–Trinajstić information content (AvgIpc) is 2.51. The topological polar surface area (TPSA) is 39.8 Å². The highest BCUT2D eigenvalue weighted by Gasteiger charge is 2.13. The van der Waals surface area contributed by atoms with E-state index in [0.29, 0.717) is 16.9 Å². The minimum atomic E-state index is -0.0871. The summed E-state index contributed by atoms with van der Waals surface area (Å²) in [4.78, 5) is 11.9. The Morgan fingerprint density at radius 3 is 2.87 bits per heavy atom. The third-order valence-electron chi connectivity index (χ3n) is 2.27. The summed E-state index contributed by atoms with van der Waals surface area (Å²) in [6.07, 6.45) is 0.463. The summed E-state index contributed by atoms with van der Waals surface area (Å²) in [5.74, 6) is 0. The number of fused-ring (bicyclic) bond motifs is 1. The molecule has 0 N–H and O–H groups in total. The first-order valence-electron chi connectivity index (χ1n) is 4.17. The van der Waals surface area contributed by atoms with Crippen molar-refractivity contribution in [3.8, 4) is 0 Å². The summed E-state index contributed by atoms with van der Waals surface area (Å²) in [5, 5.41) is 5.39. The molecule has 0 aliphatic rings. The Morgan fingerprint density at radius 2 is 2.27 bits per heavy atom. The van der Waals surface area contributed by atoms with Crippen LogP contribution in [0.25, 0.3) is 10.9 Å². The molecule has 15 heavy (non-hydrogen) atoms. The van der Waals surface area contributed by atoms with E-state index in [-0.39, 0.29) is 5.56 Å². The molecule has 0 amide bonds. The molecule has 2 rings (SSSR count). The number of pyridine rings is 1. The van der Waals surface area contributed by atoms with Crippen molar-refractivity contribution in [1.29, 1.82) is 0 Å². The molecule has 7 heteroatoms. The quantitative estimate of drug-likeness (QED) is 0.448. The molecule has 2 aromatic rings. The van der Waals surface area contributed by atoms with Crippen molar-refractivity contribution in [2.24, 2.45) is 7.05 Å². The largest absolute Gasteiger partial charge is 0.302 e. The molecule has 0 aliphatic heterocycles. The summed E-state index contributed by atoms with van der Waals surface area (Å²) in [6, 6.07) is 1.78. The maximum absolute atomic E-state index is 11.9. The first-order valence-corrected chi connectivity index (χ1v) is 8.61. The van der Waals surface area contributed by atoms with Crippen LogP contribution in [0.1, 0.15) is 5.69 Å². The average molecular weight is 356 g/mol. The van der Waals surface area contributed by atoms with Gasteiger partial charge in [-0.3, -0.25) is 4.79 Å². The molecule has 2 aromatic heterocycles. The van der Waals surface area contributed by atoms with E-state index in [1.807, 2.05) is 6.92 Å². The van der Waals surface area contributed by atoms with E-state index in [0.717, 1.165) is 11.2 Å². The molecule has 0 radical (unpaired) electrons. The zero-order valence-electron chi connectivity index (χ0n) is 8.08. The van der Waals surface area contributed by atoms with E-state index in [1.165, 1.54) is 4.57 Å². The second-order valence-electron chi connectivity index (χ2n) is 3.17. The lowest BCUT2D eigenvalue weighted by Gasteiger charge is -2.02. The zero-order chi connectivity index (χ0) is 11.2. The fourth-order valence-corrected chi connectivity index (χ4v) is 3.22. The normalized spacial score (nSPS) is 12.0. The summed E-state index contributed by atoms with van der Waals surface area (Å²) in [7, 11) is 1.66. The predicted molar refractivity (Wildman–Crippen MR) is 72.5 cm³/mol. The molecule has 2 heterocycles. The molecule has 4 nitrogen and oxygen atoms in total. The number of rotatable bonds is 1. The van der Waals surface area contributed by atoms with Gasteiger partial charge < -0.3 is 4.57 Å². The summed E-state index contributed by atoms with van der Waals surface area (Å²) in [5.41, 5.74) is 1.48. The minimum Gasteiger partial charge on any atom is -0.302 e. The maximum atomic E-state index is 11.9. The van der Waals surface area contributed by atoms with Crippen LogP contribution in [0.2, 0.25) is 5.15 Å². The molecule has 1 unspecified atom stereocenters. The van der Waals surface area contributed by atoms with Gasteiger partial charge in [0.15, 0.2) is 0 Å². The van der Waals surface area contributed by atoms with Crippen LogP contribution in [0, 0.1) is 6.92 Å². The second-order valence-corrected chi connectivity index (χ2v) is 5.60. The van der Waals surface area contributed by atoms with Crippen molar-refractivity contribution in [2.45, 2.75) is 6.92 Å². The molecule has 0 aromatic carbocycles. The van der Waals surface area contributed by atoms with Crippen LogP contribution < -0.4 is 5.56 Å². The van der Waals surface area contributed by atoms with E-state index in [2.05, 4.69) is 27.1 Å². The number of nitrogens with zero attached hydrogens (tertiary/aromatic N) is 3. The van der Waals surface area contributed by atoms with Crippen molar-refractivity contribution < 1.29 is 0 Å². The summed E-state index contributed by atoms with van der Waals surface area (Å²) in [6.45, 7) is 1.84. The highest BCUT2D eigenvalue weighted by molar-refractivity contribution is 14.2. The van der Waals surface area contributed by atoms with Gasteiger partial charge in [-0.2, -0.15) is 5.10 Å². The van der Waals surface area contributed by atoms with Gasteiger partial charge in [-0.15, -0.1) is 0 Å². The molecular formula is C8H8ClIN3OP. The van der Waals surface area contributed by atoms with Crippen LogP contribution in [0.3, 0.4) is 0 Å². The van der Waals surface area contributed by atoms with Crippen molar-refractivity contribution >= 4 is 50.9 Å². The van der Waals surface area contributed by atoms with Crippen LogP contribution in [0.4, 0.5) is 0 Å². The number of aromatic nitrogens is 3. The third kappa shape index (κ3) is 1.70. The second kappa shape index (κ2) is 4.03. The lowest BCUT2D eigenvalue weighted by Crippen LogP contribution is -2.17. The van der Waals surface area contributed by atoms with E-state index >= 15 is 0 Å². The summed E-state index contributed by atoms with van der Waals surface area (Å²) < 4.78 is 3.23. The molecular weight excluding hydrogens is 347 g/mol. The van der Waals surface area contributed by atoms with Crippen LogP contribution >= 0.6 is 40.0 Å². The van der Waals surface area contributed by atoms with Gasteiger partial charge in [0.1, 0.15) is 5.15 Å². The molecule has 0 aliphatic carbocycles. The first-order chi connectivity index (χ1) is 7.06. The minimum absolute atomic E-state index is 0.0871. The Labute approximate surface area is 106 Å². The Kier molecular flexibility index (Phi) is 3.05. The lowest BCUT2D eigenvalue weighted by atomic mass is 10.2. The van der Waals surface area contributed by atoms with Gasteiger partial charge in [0.2, 0.25) is 0 Å². The van der Waals surface area contributed by atoms with E-state index in [4.69, 9.17) is 11.6 Å². The van der Waals surface area contributed by atoms with Crippen LogP contribution in [-0.2, 0) is 7.05 Å². The monoisotopic (exact) mass is 355 g/mol.